The highest BCUT2D eigenvalue weighted by atomic mass is 19.3. The molecule has 0 aliphatic heterocycles. The molecule has 6 heteroatoms. The molecule has 0 amide bonds. The zero-order chi connectivity index (χ0) is 15.2. The normalized spacial score (nSPS) is 11.6. The van der Waals surface area contributed by atoms with Crippen molar-refractivity contribution in [2.75, 3.05) is 26.1 Å². The number of nitrogens with one attached hydrogen (secondary N) is 1. The lowest BCUT2D eigenvalue weighted by molar-refractivity contribution is -0.0511. The molecule has 20 heavy (non-hydrogen) atoms. The van der Waals surface area contributed by atoms with Crippen molar-refractivity contribution in [2.45, 2.75) is 32.5 Å². The van der Waals surface area contributed by atoms with Gasteiger partial charge in [0.1, 0.15) is 0 Å². The lowest BCUT2D eigenvalue weighted by Gasteiger charge is -2.23. The second kappa shape index (κ2) is 7.28. The highest BCUT2D eigenvalue weighted by Crippen LogP contribution is 2.31. The van der Waals surface area contributed by atoms with Crippen molar-refractivity contribution in [2.24, 2.45) is 0 Å². The van der Waals surface area contributed by atoms with E-state index in [9.17, 15) is 8.78 Å². The van der Waals surface area contributed by atoms with Gasteiger partial charge < -0.3 is 19.5 Å². The molecule has 1 aromatic rings. The quantitative estimate of drug-likeness (QED) is 0.795. The predicted octanol–water partition coefficient (Wildman–Crippen LogP) is 3.52. The minimum atomic E-state index is -2.88. The summed E-state index contributed by atoms with van der Waals surface area (Å²) < 4.78 is 39.3. The summed E-state index contributed by atoms with van der Waals surface area (Å²) in [5.74, 6) is 0.284. The van der Waals surface area contributed by atoms with E-state index < -0.39 is 6.61 Å². The fourth-order valence-corrected chi connectivity index (χ4v) is 1.58. The van der Waals surface area contributed by atoms with Crippen LogP contribution in [0.2, 0.25) is 0 Å². The van der Waals surface area contributed by atoms with Crippen LogP contribution in [0.25, 0.3) is 0 Å². The van der Waals surface area contributed by atoms with E-state index in [1.807, 2.05) is 13.8 Å². The number of benzene rings is 1. The molecule has 0 spiro atoms. The van der Waals surface area contributed by atoms with Gasteiger partial charge in [-0.1, -0.05) is 0 Å². The maximum Gasteiger partial charge on any atom is 0.387 e. The Kier molecular flexibility index (Phi) is 6.01. The van der Waals surface area contributed by atoms with Gasteiger partial charge in [-0.15, -0.1) is 0 Å². The number of ether oxygens (including phenoxy) is 3. The Morgan fingerprint density at radius 3 is 2.45 bits per heavy atom. The van der Waals surface area contributed by atoms with Crippen molar-refractivity contribution in [1.29, 1.82) is 0 Å². The zero-order valence-electron chi connectivity index (χ0n) is 12.2. The van der Waals surface area contributed by atoms with Gasteiger partial charge in [0.15, 0.2) is 11.5 Å². The van der Waals surface area contributed by atoms with E-state index >= 15 is 0 Å². The minimum Gasteiger partial charge on any atom is -0.493 e. The largest absolute Gasteiger partial charge is 0.493 e. The maximum atomic E-state index is 12.3. The Morgan fingerprint density at radius 1 is 1.20 bits per heavy atom. The van der Waals surface area contributed by atoms with Gasteiger partial charge in [0, 0.05) is 25.4 Å². The Morgan fingerprint density at radius 2 is 1.90 bits per heavy atom. The molecule has 0 bridgehead atoms. The number of hydrogen-bond donors (Lipinski definition) is 1. The van der Waals surface area contributed by atoms with E-state index in [0.29, 0.717) is 12.2 Å². The Labute approximate surface area is 118 Å². The summed E-state index contributed by atoms with van der Waals surface area (Å²) in [5.41, 5.74) is 0.454. The van der Waals surface area contributed by atoms with Gasteiger partial charge in [-0.25, -0.2) is 0 Å². The number of hydrogen-bond acceptors (Lipinski definition) is 4. The minimum absolute atomic E-state index is 0.0125. The molecule has 1 aromatic carbocycles. The van der Waals surface area contributed by atoms with E-state index in [4.69, 9.17) is 9.47 Å². The van der Waals surface area contributed by atoms with Crippen LogP contribution in [0.4, 0.5) is 14.5 Å². The average molecular weight is 289 g/mol. The van der Waals surface area contributed by atoms with Crippen LogP contribution < -0.4 is 14.8 Å². The van der Waals surface area contributed by atoms with E-state index in [1.165, 1.54) is 13.2 Å². The van der Waals surface area contributed by atoms with Crippen LogP contribution in [0.5, 0.6) is 11.5 Å². The van der Waals surface area contributed by atoms with Crippen molar-refractivity contribution in [1.82, 2.24) is 0 Å². The summed E-state index contributed by atoms with van der Waals surface area (Å²) in [6.07, 6.45) is 0.778. The third-order valence-corrected chi connectivity index (χ3v) is 2.99. The number of alkyl halides is 2. The monoisotopic (exact) mass is 289 g/mol. The summed E-state index contributed by atoms with van der Waals surface area (Å²) in [7, 11) is 3.06. The van der Waals surface area contributed by atoms with E-state index in [0.717, 1.165) is 6.42 Å². The lowest BCUT2D eigenvalue weighted by atomic mass is 10.1. The predicted molar refractivity (Wildman–Crippen MR) is 73.8 cm³/mol. The van der Waals surface area contributed by atoms with Crippen LogP contribution in [-0.2, 0) is 4.74 Å². The Hall–Kier alpha value is -1.56. The molecule has 4 nitrogen and oxygen atoms in total. The average Bonchev–Trinajstić information content (AvgIpc) is 2.38. The van der Waals surface area contributed by atoms with Crippen LogP contribution in [0.15, 0.2) is 18.2 Å². The van der Waals surface area contributed by atoms with Crippen molar-refractivity contribution >= 4 is 5.69 Å². The SMILES string of the molecule is COc1ccc(NCCC(C)(C)OC)cc1OC(F)F. The molecule has 0 atom stereocenters. The number of halogens is 2. The molecule has 0 saturated carbocycles. The maximum absolute atomic E-state index is 12.3. The fourth-order valence-electron chi connectivity index (χ4n) is 1.58. The van der Waals surface area contributed by atoms with Crippen LogP contribution in [0.1, 0.15) is 20.3 Å². The van der Waals surface area contributed by atoms with E-state index in [2.05, 4.69) is 10.1 Å². The summed E-state index contributed by atoms with van der Waals surface area (Å²) in [6.45, 7) is 1.73. The first kappa shape index (κ1) is 16.5. The van der Waals surface area contributed by atoms with Crippen molar-refractivity contribution in [3.8, 4) is 11.5 Å². The summed E-state index contributed by atoms with van der Waals surface area (Å²) in [5, 5.41) is 3.14. The second-order valence-corrected chi connectivity index (χ2v) is 4.88. The Bertz CT molecular complexity index is 425. The van der Waals surface area contributed by atoms with Gasteiger partial charge in [-0.05, 0) is 32.4 Å². The number of rotatable bonds is 8. The first-order valence-electron chi connectivity index (χ1n) is 6.30. The lowest BCUT2D eigenvalue weighted by Crippen LogP contribution is -2.25. The van der Waals surface area contributed by atoms with Gasteiger partial charge in [-0.2, -0.15) is 8.78 Å². The van der Waals surface area contributed by atoms with E-state index in [1.54, 1.807) is 19.2 Å². The van der Waals surface area contributed by atoms with Crippen molar-refractivity contribution < 1.29 is 23.0 Å². The highest BCUT2D eigenvalue weighted by molar-refractivity contribution is 5.54. The van der Waals surface area contributed by atoms with Gasteiger partial charge in [-0.3, -0.25) is 0 Å². The molecular formula is C14H21F2NO3. The Balaban J connectivity index is 2.67. The molecule has 0 aliphatic rings. The summed E-state index contributed by atoms with van der Waals surface area (Å²) >= 11 is 0. The van der Waals surface area contributed by atoms with Gasteiger partial charge in [0.05, 0.1) is 12.7 Å². The molecule has 0 unspecified atom stereocenters. The fraction of sp³-hybridized carbons (Fsp3) is 0.571. The molecular weight excluding hydrogens is 268 g/mol. The molecule has 1 rings (SSSR count). The van der Waals surface area contributed by atoms with Crippen molar-refractivity contribution in [3.63, 3.8) is 0 Å². The van der Waals surface area contributed by atoms with Crippen LogP contribution in [-0.4, -0.2) is 33.0 Å². The first-order chi connectivity index (χ1) is 9.38. The van der Waals surface area contributed by atoms with Crippen LogP contribution in [0.3, 0.4) is 0 Å². The zero-order valence-corrected chi connectivity index (χ0v) is 12.2. The van der Waals surface area contributed by atoms with Gasteiger partial charge >= 0.3 is 6.61 Å². The number of methoxy groups -OCH3 is 2. The third kappa shape index (κ3) is 5.21. The molecule has 1 N–H and O–H groups in total. The van der Waals surface area contributed by atoms with Crippen molar-refractivity contribution in [3.05, 3.63) is 18.2 Å². The number of anilines is 1. The smallest absolute Gasteiger partial charge is 0.387 e. The van der Waals surface area contributed by atoms with E-state index in [-0.39, 0.29) is 17.1 Å². The first-order valence-corrected chi connectivity index (χ1v) is 6.30. The van der Waals surface area contributed by atoms with Gasteiger partial charge in [0.2, 0.25) is 0 Å². The third-order valence-electron chi connectivity index (χ3n) is 2.99. The summed E-state index contributed by atoms with van der Waals surface area (Å²) in [6, 6.07) is 4.82. The second-order valence-electron chi connectivity index (χ2n) is 4.88. The molecule has 0 saturated heterocycles. The molecule has 0 heterocycles. The standard InChI is InChI=1S/C14H21F2NO3/c1-14(2,19-4)7-8-17-10-5-6-11(18-3)12(9-10)20-13(15)16/h5-6,9,13,17H,7-8H2,1-4H3. The topological polar surface area (TPSA) is 39.7 Å². The molecule has 0 aromatic heterocycles. The molecule has 0 fully saturated rings. The van der Waals surface area contributed by atoms with Crippen LogP contribution in [0, 0.1) is 0 Å². The molecule has 114 valence electrons. The summed E-state index contributed by atoms with van der Waals surface area (Å²) in [4.78, 5) is 0. The molecule has 0 radical (unpaired) electrons. The van der Waals surface area contributed by atoms with Crippen LogP contribution >= 0.6 is 0 Å². The van der Waals surface area contributed by atoms with Gasteiger partial charge in [0.25, 0.3) is 0 Å². The highest BCUT2D eigenvalue weighted by Gasteiger charge is 2.16. The molecule has 0 aliphatic carbocycles.